The van der Waals surface area contributed by atoms with E-state index >= 15 is 0 Å². The van der Waals surface area contributed by atoms with Crippen LogP contribution in [0, 0.1) is 6.92 Å². The van der Waals surface area contributed by atoms with Crippen LogP contribution in [0.5, 0.6) is 5.75 Å². The van der Waals surface area contributed by atoms with Crippen LogP contribution in [-0.2, 0) is 0 Å². The van der Waals surface area contributed by atoms with Crippen LogP contribution in [0.3, 0.4) is 0 Å². The minimum Gasteiger partial charge on any atom is -0.489 e. The molecule has 0 saturated heterocycles. The Hall–Kier alpha value is -1.02. The van der Waals surface area contributed by atoms with Crippen LogP contribution in [-0.4, -0.2) is 18.2 Å². The maximum atomic E-state index is 6.01. The number of nitrogens with one attached hydrogen (secondary N) is 1. The van der Waals surface area contributed by atoms with E-state index in [1.165, 1.54) is 11.1 Å². The maximum Gasteiger partial charge on any atom is 0.120 e. The van der Waals surface area contributed by atoms with Gasteiger partial charge in [0.15, 0.2) is 0 Å². The van der Waals surface area contributed by atoms with Crippen molar-refractivity contribution < 1.29 is 4.74 Å². The molecule has 0 amide bonds. The quantitative estimate of drug-likeness (QED) is 0.782. The first-order valence-corrected chi connectivity index (χ1v) is 7.77. The van der Waals surface area contributed by atoms with Crippen molar-refractivity contribution in [3.05, 3.63) is 29.3 Å². The second-order valence-corrected chi connectivity index (χ2v) is 6.72. The Bertz CT molecular complexity index is 423. The van der Waals surface area contributed by atoms with Crippen molar-refractivity contribution in [3.8, 4) is 5.75 Å². The molecule has 0 radical (unpaired) electrons. The summed E-state index contributed by atoms with van der Waals surface area (Å²) in [4.78, 5) is 0. The molecule has 0 aliphatic rings. The molecule has 0 spiro atoms. The highest BCUT2D eigenvalue weighted by atomic mass is 16.5. The first-order valence-electron chi connectivity index (χ1n) is 7.77. The lowest BCUT2D eigenvalue weighted by Crippen LogP contribution is -2.43. The van der Waals surface area contributed by atoms with Crippen molar-refractivity contribution in [1.29, 1.82) is 0 Å². The smallest absolute Gasteiger partial charge is 0.120 e. The lowest BCUT2D eigenvalue weighted by atomic mass is 9.98. The third kappa shape index (κ3) is 5.16. The molecule has 0 heterocycles. The first-order chi connectivity index (χ1) is 9.25. The molecule has 114 valence electrons. The van der Waals surface area contributed by atoms with E-state index in [0.29, 0.717) is 5.92 Å². The van der Waals surface area contributed by atoms with Crippen LogP contribution < -0.4 is 10.1 Å². The summed E-state index contributed by atoms with van der Waals surface area (Å²) in [5.74, 6) is 1.53. The van der Waals surface area contributed by atoms with Gasteiger partial charge in [-0.3, -0.25) is 0 Å². The number of benzene rings is 1. The highest BCUT2D eigenvalue weighted by Crippen LogP contribution is 2.24. The highest BCUT2D eigenvalue weighted by molar-refractivity contribution is 5.36. The Labute approximate surface area is 124 Å². The molecule has 1 atom stereocenters. The first kappa shape index (κ1) is 17.0. The summed E-state index contributed by atoms with van der Waals surface area (Å²) in [5.41, 5.74) is 2.89. The molecule has 0 saturated carbocycles. The van der Waals surface area contributed by atoms with Crippen LogP contribution in [0.4, 0.5) is 0 Å². The zero-order valence-electron chi connectivity index (χ0n) is 14.2. The van der Waals surface area contributed by atoms with E-state index < -0.39 is 0 Å². The Morgan fingerprint density at radius 1 is 1.20 bits per heavy atom. The Morgan fingerprint density at radius 2 is 1.85 bits per heavy atom. The molecule has 2 heteroatoms. The fourth-order valence-electron chi connectivity index (χ4n) is 2.19. The van der Waals surface area contributed by atoms with Gasteiger partial charge in [0.2, 0.25) is 0 Å². The third-order valence-corrected chi connectivity index (χ3v) is 3.95. The van der Waals surface area contributed by atoms with Gasteiger partial charge in [-0.1, -0.05) is 26.8 Å². The fourth-order valence-corrected chi connectivity index (χ4v) is 2.19. The molecule has 0 aliphatic carbocycles. The van der Waals surface area contributed by atoms with Gasteiger partial charge in [-0.2, -0.15) is 0 Å². The van der Waals surface area contributed by atoms with Gasteiger partial charge in [0.05, 0.1) is 0 Å². The van der Waals surface area contributed by atoms with E-state index in [0.717, 1.165) is 18.7 Å². The highest BCUT2D eigenvalue weighted by Gasteiger charge is 2.16. The molecule has 0 aliphatic heterocycles. The zero-order chi connectivity index (χ0) is 15.3. The second kappa shape index (κ2) is 7.12. The molecule has 0 fully saturated rings. The Morgan fingerprint density at radius 3 is 2.35 bits per heavy atom. The van der Waals surface area contributed by atoms with Gasteiger partial charge in [0.1, 0.15) is 11.9 Å². The van der Waals surface area contributed by atoms with E-state index in [9.17, 15) is 0 Å². The number of aryl methyl sites for hydroxylation is 1. The Balaban J connectivity index is 2.58. The van der Waals surface area contributed by atoms with Crippen molar-refractivity contribution in [2.75, 3.05) is 6.54 Å². The molecule has 1 aromatic rings. The van der Waals surface area contributed by atoms with Crippen LogP contribution in [0.1, 0.15) is 65.0 Å². The molecule has 0 aromatic heterocycles. The molecule has 1 unspecified atom stereocenters. The van der Waals surface area contributed by atoms with Crippen molar-refractivity contribution in [3.63, 3.8) is 0 Å². The Kier molecular flexibility index (Phi) is 6.07. The van der Waals surface area contributed by atoms with Crippen molar-refractivity contribution >= 4 is 0 Å². The molecule has 2 nitrogen and oxygen atoms in total. The molecule has 20 heavy (non-hydrogen) atoms. The number of hydrogen-bond donors (Lipinski definition) is 1. The van der Waals surface area contributed by atoms with Crippen molar-refractivity contribution in [1.82, 2.24) is 5.32 Å². The van der Waals surface area contributed by atoms with Crippen LogP contribution in [0.25, 0.3) is 0 Å². The number of hydrogen-bond acceptors (Lipinski definition) is 2. The lowest BCUT2D eigenvalue weighted by Gasteiger charge is -2.27. The van der Waals surface area contributed by atoms with Gasteiger partial charge in [0.25, 0.3) is 0 Å². The average Bonchev–Trinajstić information content (AvgIpc) is 2.36. The van der Waals surface area contributed by atoms with E-state index in [-0.39, 0.29) is 11.6 Å². The summed E-state index contributed by atoms with van der Waals surface area (Å²) in [6.45, 7) is 16.2. The van der Waals surface area contributed by atoms with E-state index in [4.69, 9.17) is 4.74 Å². The van der Waals surface area contributed by atoms with Gasteiger partial charge in [-0.25, -0.2) is 0 Å². The standard InChI is InChI=1S/C18H31NO/c1-8-18(6,7)19-12-15(5)20-16-9-10-17(13(2)3)14(4)11-16/h9-11,13,15,19H,8,12H2,1-7H3. The van der Waals surface area contributed by atoms with Gasteiger partial charge in [-0.15, -0.1) is 0 Å². The van der Waals surface area contributed by atoms with Gasteiger partial charge >= 0.3 is 0 Å². The van der Waals surface area contributed by atoms with E-state index in [2.05, 4.69) is 72.0 Å². The third-order valence-electron chi connectivity index (χ3n) is 3.95. The fraction of sp³-hybridized carbons (Fsp3) is 0.667. The monoisotopic (exact) mass is 277 g/mol. The minimum absolute atomic E-state index is 0.171. The lowest BCUT2D eigenvalue weighted by molar-refractivity contribution is 0.198. The van der Waals surface area contributed by atoms with Crippen LogP contribution in [0.2, 0.25) is 0 Å². The zero-order valence-corrected chi connectivity index (χ0v) is 14.2. The van der Waals surface area contributed by atoms with Gasteiger partial charge in [0, 0.05) is 12.1 Å². The van der Waals surface area contributed by atoms with Crippen LogP contribution in [0.15, 0.2) is 18.2 Å². The molecular formula is C18H31NO. The summed E-state index contributed by atoms with van der Waals surface area (Å²) in [6.07, 6.45) is 1.28. The summed E-state index contributed by atoms with van der Waals surface area (Å²) >= 11 is 0. The van der Waals surface area contributed by atoms with E-state index in [1.54, 1.807) is 0 Å². The normalized spacial score (nSPS) is 13.6. The molecule has 0 bridgehead atoms. The molecule has 1 rings (SSSR count). The predicted octanol–water partition coefficient (Wildman–Crippen LogP) is 4.66. The van der Waals surface area contributed by atoms with Gasteiger partial charge < -0.3 is 10.1 Å². The van der Waals surface area contributed by atoms with Gasteiger partial charge in [-0.05, 0) is 63.3 Å². The molecule has 1 aromatic carbocycles. The summed E-state index contributed by atoms with van der Waals surface area (Å²) < 4.78 is 6.01. The SMILES string of the molecule is CCC(C)(C)NCC(C)Oc1ccc(C(C)C)c(C)c1. The molecular weight excluding hydrogens is 246 g/mol. The largest absolute Gasteiger partial charge is 0.489 e. The summed E-state index contributed by atoms with van der Waals surface area (Å²) in [6, 6.07) is 6.42. The topological polar surface area (TPSA) is 21.3 Å². The van der Waals surface area contributed by atoms with Crippen molar-refractivity contribution in [2.45, 2.75) is 72.4 Å². The van der Waals surface area contributed by atoms with Crippen molar-refractivity contribution in [2.24, 2.45) is 0 Å². The summed E-state index contributed by atoms with van der Waals surface area (Å²) in [5, 5.41) is 3.55. The average molecular weight is 277 g/mol. The number of ether oxygens (including phenoxy) is 1. The molecule has 1 N–H and O–H groups in total. The summed E-state index contributed by atoms with van der Waals surface area (Å²) in [7, 11) is 0. The predicted molar refractivity (Wildman–Crippen MR) is 87.7 cm³/mol. The maximum absolute atomic E-state index is 6.01. The number of rotatable bonds is 7. The van der Waals surface area contributed by atoms with Crippen LogP contribution >= 0.6 is 0 Å². The van der Waals surface area contributed by atoms with E-state index in [1.807, 2.05) is 0 Å². The minimum atomic E-state index is 0.171. The second-order valence-electron chi connectivity index (χ2n) is 6.72.